The Balaban J connectivity index is 1.65. The zero-order valence-corrected chi connectivity index (χ0v) is 21.3. The maximum absolute atomic E-state index is 12.6. The second kappa shape index (κ2) is 14.4. The summed E-state index contributed by atoms with van der Waals surface area (Å²) in [7, 11) is 4.97. The standard InChI is InChI=1S/C25H34IO6/c1-29-26(30-2,31-3)18-11-6-4-5-7-12-19-32-25(28)23-17-13-16-22(20-23)24(27)21-14-9-8-10-15-21/h8-10,13-17,20H,4-7,11-12,18-19H2,1-3H3/q-1. The summed E-state index contributed by atoms with van der Waals surface area (Å²) in [5.74, 6) is -0.503. The van der Waals surface area contributed by atoms with Gasteiger partial charge in [0.25, 0.3) is 0 Å². The van der Waals surface area contributed by atoms with Crippen LogP contribution in [-0.4, -0.2) is 44.1 Å². The summed E-state index contributed by atoms with van der Waals surface area (Å²) < 4.78 is 22.7. The Morgan fingerprint density at radius 1 is 0.688 bits per heavy atom. The maximum atomic E-state index is 12.6. The molecule has 0 N–H and O–H groups in total. The molecule has 0 aromatic heterocycles. The Morgan fingerprint density at radius 3 is 1.91 bits per heavy atom. The Labute approximate surface area is 196 Å². The molecule has 0 saturated heterocycles. The van der Waals surface area contributed by atoms with Crippen LogP contribution in [0.15, 0.2) is 54.6 Å². The summed E-state index contributed by atoms with van der Waals surface area (Å²) in [5, 5.41) is 0. The number of rotatable bonds is 15. The molecule has 0 radical (unpaired) electrons. The second-order valence-corrected chi connectivity index (χ2v) is 13.9. The molecule has 0 atom stereocenters. The average molecular weight is 557 g/mol. The van der Waals surface area contributed by atoms with Crippen LogP contribution in [0.1, 0.15) is 64.8 Å². The van der Waals surface area contributed by atoms with Crippen LogP contribution in [0.5, 0.6) is 0 Å². The topological polar surface area (TPSA) is 71.1 Å². The molecular formula is C25H34IO6-. The van der Waals surface area contributed by atoms with Crippen molar-refractivity contribution < 1.29 is 43.2 Å². The molecule has 0 aliphatic carbocycles. The number of unbranched alkanes of at least 4 members (excludes halogenated alkanes) is 5. The van der Waals surface area contributed by atoms with E-state index >= 15 is 0 Å². The molecule has 0 fully saturated rings. The van der Waals surface area contributed by atoms with Crippen LogP contribution in [0.4, 0.5) is 0 Å². The van der Waals surface area contributed by atoms with Crippen LogP contribution >= 0.6 is 0 Å². The van der Waals surface area contributed by atoms with E-state index in [1.165, 1.54) is 0 Å². The number of hydrogen-bond donors (Lipinski definition) is 0. The first kappa shape index (κ1) is 26.4. The molecule has 0 spiro atoms. The molecule has 6 nitrogen and oxygen atoms in total. The second-order valence-electron chi connectivity index (χ2n) is 7.20. The fourth-order valence-corrected chi connectivity index (χ4v) is 7.15. The van der Waals surface area contributed by atoms with Gasteiger partial charge in [-0.15, -0.1) is 0 Å². The van der Waals surface area contributed by atoms with E-state index in [-0.39, 0.29) is 5.78 Å². The predicted molar refractivity (Wildman–Crippen MR) is 120 cm³/mol. The van der Waals surface area contributed by atoms with Gasteiger partial charge in [-0.25, -0.2) is 0 Å². The zero-order chi connectivity index (χ0) is 23.2. The minimum atomic E-state index is -2.90. The van der Waals surface area contributed by atoms with Gasteiger partial charge in [-0.2, -0.15) is 0 Å². The minimum absolute atomic E-state index is 0.109. The molecule has 7 heteroatoms. The number of esters is 1. The zero-order valence-electron chi connectivity index (χ0n) is 19.2. The molecule has 32 heavy (non-hydrogen) atoms. The third-order valence-corrected chi connectivity index (χ3v) is 11.2. The molecule has 2 aromatic rings. The van der Waals surface area contributed by atoms with Crippen molar-refractivity contribution in [3.63, 3.8) is 0 Å². The van der Waals surface area contributed by atoms with E-state index in [1.54, 1.807) is 57.7 Å². The third kappa shape index (κ3) is 8.27. The monoisotopic (exact) mass is 557 g/mol. The quantitative estimate of drug-likeness (QED) is 0.110. The number of halogens is 1. The van der Waals surface area contributed by atoms with Crippen molar-refractivity contribution in [2.75, 3.05) is 32.4 Å². The first-order valence-corrected chi connectivity index (χ1v) is 15.0. The van der Waals surface area contributed by atoms with Crippen molar-refractivity contribution in [3.05, 3.63) is 71.3 Å². The van der Waals surface area contributed by atoms with Gasteiger partial charge >= 0.3 is 133 Å². The van der Waals surface area contributed by atoms with Crippen molar-refractivity contribution in [2.24, 2.45) is 0 Å². The van der Waals surface area contributed by atoms with Crippen LogP contribution in [-0.2, 0) is 13.9 Å². The molecule has 0 aliphatic heterocycles. The molecule has 0 bridgehead atoms. The number of hydrogen-bond acceptors (Lipinski definition) is 6. The third-order valence-electron chi connectivity index (χ3n) is 5.09. The summed E-state index contributed by atoms with van der Waals surface area (Å²) in [6.45, 7) is 0.380. The van der Waals surface area contributed by atoms with E-state index in [4.69, 9.17) is 13.9 Å². The van der Waals surface area contributed by atoms with Crippen molar-refractivity contribution in [1.82, 2.24) is 0 Å². The Hall–Kier alpha value is -1.81. The normalized spacial score (nSPS) is 11.8. The Morgan fingerprint density at radius 2 is 1.25 bits per heavy atom. The van der Waals surface area contributed by atoms with Crippen molar-refractivity contribution in [1.29, 1.82) is 0 Å². The number of ether oxygens (including phenoxy) is 1. The summed E-state index contributed by atoms with van der Waals surface area (Å²) >= 11 is -2.90. The van der Waals surface area contributed by atoms with E-state index in [1.807, 2.05) is 18.2 Å². The molecule has 0 unspecified atom stereocenters. The van der Waals surface area contributed by atoms with Gasteiger partial charge < -0.3 is 0 Å². The van der Waals surface area contributed by atoms with Gasteiger partial charge in [-0.1, -0.05) is 42.5 Å². The summed E-state index contributed by atoms with van der Waals surface area (Å²) in [6.07, 6.45) is 6.16. The number of benzene rings is 2. The van der Waals surface area contributed by atoms with Gasteiger partial charge in [0.2, 0.25) is 0 Å². The van der Waals surface area contributed by atoms with E-state index in [0.717, 1.165) is 43.0 Å². The summed E-state index contributed by atoms with van der Waals surface area (Å²) in [4.78, 5) is 24.9. The van der Waals surface area contributed by atoms with Crippen molar-refractivity contribution >= 4 is 11.8 Å². The van der Waals surface area contributed by atoms with Gasteiger partial charge in [0.15, 0.2) is 5.78 Å². The Bertz CT molecular complexity index is 827. The van der Waals surface area contributed by atoms with Crippen LogP contribution in [0, 0.1) is 0 Å². The molecule has 2 aromatic carbocycles. The van der Waals surface area contributed by atoms with E-state index in [2.05, 4.69) is 0 Å². The van der Waals surface area contributed by atoms with Crippen LogP contribution in [0.2, 0.25) is 0 Å². The van der Waals surface area contributed by atoms with Gasteiger partial charge in [0.1, 0.15) is 0 Å². The first-order valence-electron chi connectivity index (χ1n) is 10.8. The first-order chi connectivity index (χ1) is 15.5. The van der Waals surface area contributed by atoms with E-state index in [0.29, 0.717) is 23.3 Å². The summed E-state index contributed by atoms with van der Waals surface area (Å²) in [5.41, 5.74) is 1.47. The molecular weight excluding hydrogens is 523 g/mol. The fourth-order valence-electron chi connectivity index (χ4n) is 3.28. The van der Waals surface area contributed by atoms with Crippen LogP contribution in [0.25, 0.3) is 0 Å². The average Bonchev–Trinajstić information content (AvgIpc) is 2.85. The summed E-state index contributed by atoms with van der Waals surface area (Å²) in [6, 6.07) is 15.7. The number of ketones is 1. The van der Waals surface area contributed by atoms with Crippen LogP contribution < -0.4 is 19.7 Å². The molecule has 0 heterocycles. The van der Waals surface area contributed by atoms with Gasteiger partial charge in [0, 0.05) is 11.1 Å². The van der Waals surface area contributed by atoms with Gasteiger partial charge in [-0.3, -0.25) is 4.79 Å². The van der Waals surface area contributed by atoms with E-state index in [9.17, 15) is 9.59 Å². The fraction of sp³-hybridized carbons (Fsp3) is 0.440. The molecule has 0 saturated carbocycles. The van der Waals surface area contributed by atoms with Crippen molar-refractivity contribution in [3.8, 4) is 0 Å². The molecule has 0 aliphatic rings. The molecule has 178 valence electrons. The van der Waals surface area contributed by atoms with E-state index < -0.39 is 25.6 Å². The van der Waals surface area contributed by atoms with Crippen molar-refractivity contribution in [2.45, 2.75) is 38.5 Å². The Kier molecular flexibility index (Phi) is 11.9. The SMILES string of the molecule is CO[I-](CCCCCCCCOC(=O)c1cccc(C(=O)c2ccccc2)c1)(OC)OC. The molecule has 0 amide bonds. The number of carbonyl (C=O) groups excluding carboxylic acids is 2. The molecule has 2 rings (SSSR count). The number of carbonyl (C=O) groups is 2. The van der Waals surface area contributed by atoms with Gasteiger partial charge in [0.05, 0.1) is 0 Å². The van der Waals surface area contributed by atoms with Crippen LogP contribution in [0.3, 0.4) is 0 Å². The predicted octanol–water partition coefficient (Wildman–Crippen LogP) is 2.26. The number of alkyl halides is 1. The van der Waals surface area contributed by atoms with Gasteiger partial charge in [-0.05, 0) is 0 Å².